The molecule has 0 aromatic heterocycles. The van der Waals surface area contributed by atoms with Crippen molar-refractivity contribution in [1.29, 1.82) is 0 Å². The summed E-state index contributed by atoms with van der Waals surface area (Å²) >= 11 is 6.09. The van der Waals surface area contributed by atoms with Gasteiger partial charge in [0.25, 0.3) is 5.91 Å². The molecule has 1 heterocycles. The number of esters is 1. The van der Waals surface area contributed by atoms with Gasteiger partial charge >= 0.3 is 5.97 Å². The van der Waals surface area contributed by atoms with Crippen LogP contribution < -0.4 is 0 Å². The summed E-state index contributed by atoms with van der Waals surface area (Å²) in [6.07, 6.45) is 1.06. The minimum Gasteiger partial charge on any atom is -0.452 e. The second-order valence-corrected chi connectivity index (χ2v) is 9.90. The van der Waals surface area contributed by atoms with Crippen LogP contribution in [0.25, 0.3) is 0 Å². The summed E-state index contributed by atoms with van der Waals surface area (Å²) in [5, 5.41) is 0.0705. The second kappa shape index (κ2) is 9.91. The van der Waals surface area contributed by atoms with Crippen molar-refractivity contribution in [2.45, 2.75) is 39.0 Å². The molecule has 1 fully saturated rings. The Morgan fingerprint density at radius 3 is 2.31 bits per heavy atom. The Hall–Kier alpha value is -1.64. The summed E-state index contributed by atoms with van der Waals surface area (Å²) in [7, 11) is -3.74. The Balaban J connectivity index is 2.12. The van der Waals surface area contributed by atoms with Gasteiger partial charge in [0.2, 0.25) is 10.0 Å². The molecular formula is C20H29ClN2O5S. The van der Waals surface area contributed by atoms with Crippen LogP contribution in [0, 0.1) is 11.8 Å². The van der Waals surface area contributed by atoms with Crippen molar-refractivity contribution in [2.24, 2.45) is 11.8 Å². The number of carbonyl (C=O) groups excluding carboxylic acids is 2. The number of hydrogen-bond acceptors (Lipinski definition) is 5. The van der Waals surface area contributed by atoms with E-state index in [0.717, 1.165) is 6.42 Å². The van der Waals surface area contributed by atoms with E-state index in [1.807, 2.05) is 0 Å². The fourth-order valence-corrected chi connectivity index (χ4v) is 5.38. The van der Waals surface area contributed by atoms with Gasteiger partial charge in [-0.1, -0.05) is 39.3 Å². The number of carbonyl (C=O) groups is 2. The first-order chi connectivity index (χ1) is 13.6. The Labute approximate surface area is 178 Å². The van der Waals surface area contributed by atoms with Crippen LogP contribution in [0.1, 0.15) is 44.5 Å². The number of piperidine rings is 1. The highest BCUT2D eigenvalue weighted by Crippen LogP contribution is 2.24. The predicted molar refractivity (Wildman–Crippen MR) is 111 cm³/mol. The van der Waals surface area contributed by atoms with Crippen molar-refractivity contribution < 1.29 is 22.7 Å². The first-order valence-electron chi connectivity index (χ1n) is 9.84. The van der Waals surface area contributed by atoms with Crippen molar-refractivity contribution >= 4 is 33.5 Å². The van der Waals surface area contributed by atoms with Gasteiger partial charge in [-0.3, -0.25) is 4.79 Å². The van der Waals surface area contributed by atoms with E-state index in [2.05, 4.69) is 13.8 Å². The summed E-state index contributed by atoms with van der Waals surface area (Å²) in [4.78, 5) is 26.6. The van der Waals surface area contributed by atoms with Crippen molar-refractivity contribution in [3.8, 4) is 0 Å². The minimum atomic E-state index is -3.74. The molecule has 0 bridgehead atoms. The van der Waals surface area contributed by atoms with Crippen LogP contribution in [-0.4, -0.2) is 62.3 Å². The molecule has 29 heavy (non-hydrogen) atoms. The van der Waals surface area contributed by atoms with E-state index in [4.69, 9.17) is 16.3 Å². The van der Waals surface area contributed by atoms with Gasteiger partial charge in [0.1, 0.15) is 0 Å². The summed E-state index contributed by atoms with van der Waals surface area (Å²) in [5.74, 6) is -0.289. The molecular weight excluding hydrogens is 416 g/mol. The molecule has 0 N–H and O–H groups in total. The average molecular weight is 445 g/mol. The van der Waals surface area contributed by atoms with E-state index in [1.165, 1.54) is 22.5 Å². The van der Waals surface area contributed by atoms with Crippen LogP contribution in [0.15, 0.2) is 23.1 Å². The summed E-state index contributed by atoms with van der Waals surface area (Å²) < 4.78 is 31.8. The number of halogens is 1. The number of nitrogens with zero attached hydrogens (tertiary/aromatic N) is 2. The third-order valence-electron chi connectivity index (χ3n) is 5.05. The zero-order chi connectivity index (χ0) is 21.8. The molecule has 0 radical (unpaired) electrons. The van der Waals surface area contributed by atoms with Crippen molar-refractivity contribution in [3.05, 3.63) is 28.8 Å². The fraction of sp³-hybridized carbons (Fsp3) is 0.600. The maximum atomic E-state index is 12.7. The number of sulfonamides is 1. The topological polar surface area (TPSA) is 84.0 Å². The molecule has 1 aromatic carbocycles. The molecule has 1 saturated heterocycles. The largest absolute Gasteiger partial charge is 0.452 e. The molecule has 162 valence electrons. The van der Waals surface area contributed by atoms with Gasteiger partial charge in [-0.25, -0.2) is 13.2 Å². The lowest BCUT2D eigenvalue weighted by molar-refractivity contribution is -0.137. The second-order valence-electron chi connectivity index (χ2n) is 7.55. The maximum Gasteiger partial charge on any atom is 0.340 e. The average Bonchev–Trinajstić information content (AvgIpc) is 2.66. The molecule has 0 unspecified atom stereocenters. The Bertz CT molecular complexity index is 844. The van der Waals surface area contributed by atoms with E-state index in [0.29, 0.717) is 38.0 Å². The lowest BCUT2D eigenvalue weighted by Crippen LogP contribution is -2.44. The van der Waals surface area contributed by atoms with E-state index in [-0.39, 0.29) is 21.4 Å². The highest BCUT2D eigenvalue weighted by atomic mass is 35.5. The van der Waals surface area contributed by atoms with Gasteiger partial charge in [0.15, 0.2) is 6.61 Å². The van der Waals surface area contributed by atoms with Crippen LogP contribution in [0.2, 0.25) is 5.02 Å². The number of likely N-dealkylation sites (tertiary alicyclic amines) is 1. The van der Waals surface area contributed by atoms with E-state index < -0.39 is 22.6 Å². The standard InChI is InChI=1S/C20H29ClN2O5S/c1-5-23(6-2)29(26,27)16-7-8-18(21)17(10-16)20(25)28-13-19(24)22-11-14(3)9-15(4)12-22/h7-8,10,14-15H,5-6,9,11-13H2,1-4H3/t14-,15-/m1/s1. The van der Waals surface area contributed by atoms with Crippen LogP contribution in [0.5, 0.6) is 0 Å². The van der Waals surface area contributed by atoms with Crippen LogP contribution in [-0.2, 0) is 19.6 Å². The Kier molecular flexibility index (Phi) is 8.08. The first kappa shape index (κ1) is 23.6. The summed E-state index contributed by atoms with van der Waals surface area (Å²) in [6.45, 7) is 9.14. The number of hydrogen-bond donors (Lipinski definition) is 0. The first-order valence-corrected chi connectivity index (χ1v) is 11.7. The molecule has 1 aromatic rings. The monoisotopic (exact) mass is 444 g/mol. The highest BCUT2D eigenvalue weighted by Gasteiger charge is 2.27. The zero-order valence-corrected chi connectivity index (χ0v) is 18.9. The molecule has 1 aliphatic heterocycles. The molecule has 2 rings (SSSR count). The van der Waals surface area contributed by atoms with Gasteiger partial charge in [-0.2, -0.15) is 4.31 Å². The normalized spacial score (nSPS) is 20.0. The van der Waals surface area contributed by atoms with E-state index in [9.17, 15) is 18.0 Å². The van der Waals surface area contributed by atoms with E-state index >= 15 is 0 Å². The summed E-state index contributed by atoms with van der Waals surface area (Å²) in [6, 6.07) is 3.91. The molecule has 0 aliphatic carbocycles. The zero-order valence-electron chi connectivity index (χ0n) is 17.4. The lowest BCUT2D eigenvalue weighted by atomic mass is 9.92. The lowest BCUT2D eigenvalue weighted by Gasteiger charge is -2.34. The number of rotatable bonds is 7. The van der Waals surface area contributed by atoms with E-state index in [1.54, 1.807) is 18.7 Å². The quantitative estimate of drug-likeness (QED) is 0.603. The Morgan fingerprint density at radius 1 is 1.17 bits per heavy atom. The molecule has 1 aliphatic rings. The number of benzene rings is 1. The summed E-state index contributed by atoms with van der Waals surface area (Å²) in [5.41, 5.74) is -0.0759. The number of amides is 1. The van der Waals surface area contributed by atoms with Crippen molar-refractivity contribution in [2.75, 3.05) is 32.8 Å². The molecule has 7 nitrogen and oxygen atoms in total. The highest BCUT2D eigenvalue weighted by molar-refractivity contribution is 7.89. The van der Waals surface area contributed by atoms with Crippen LogP contribution >= 0.6 is 11.6 Å². The number of ether oxygens (including phenoxy) is 1. The van der Waals surface area contributed by atoms with Gasteiger partial charge in [-0.05, 0) is 36.5 Å². The third kappa shape index (κ3) is 5.71. The SMILES string of the molecule is CCN(CC)S(=O)(=O)c1ccc(Cl)c(C(=O)OCC(=O)N2C[C@H](C)C[C@@H](C)C2)c1. The van der Waals surface area contributed by atoms with Crippen LogP contribution in [0.4, 0.5) is 0 Å². The fourth-order valence-electron chi connectivity index (χ4n) is 3.70. The predicted octanol–water partition coefficient (Wildman–Crippen LogP) is 3.03. The third-order valence-corrected chi connectivity index (χ3v) is 7.42. The van der Waals surface area contributed by atoms with Crippen molar-refractivity contribution in [3.63, 3.8) is 0 Å². The van der Waals surface area contributed by atoms with Gasteiger partial charge in [0.05, 0.1) is 15.5 Å². The Morgan fingerprint density at radius 2 is 1.76 bits per heavy atom. The molecule has 0 saturated carbocycles. The van der Waals surface area contributed by atoms with Gasteiger partial charge in [-0.15, -0.1) is 0 Å². The molecule has 2 atom stereocenters. The van der Waals surface area contributed by atoms with Gasteiger partial charge in [0, 0.05) is 26.2 Å². The molecule has 1 amide bonds. The molecule has 0 spiro atoms. The van der Waals surface area contributed by atoms with Gasteiger partial charge < -0.3 is 9.64 Å². The van der Waals surface area contributed by atoms with Crippen LogP contribution in [0.3, 0.4) is 0 Å². The smallest absolute Gasteiger partial charge is 0.340 e. The molecule has 9 heteroatoms. The minimum absolute atomic E-state index is 0.0393. The van der Waals surface area contributed by atoms with Crippen molar-refractivity contribution in [1.82, 2.24) is 9.21 Å². The maximum absolute atomic E-state index is 12.7.